The SMILES string of the molecule is O=C(COC1=CC2=CNC3=C(N=CCC3=O)N2C1)NCc1ccccc1. The molecule has 1 aromatic rings. The van der Waals surface area contributed by atoms with Crippen LogP contribution in [0.4, 0.5) is 0 Å². The summed E-state index contributed by atoms with van der Waals surface area (Å²) in [5.41, 5.74) is 2.40. The lowest BCUT2D eigenvalue weighted by atomic mass is 10.1. The zero-order valence-corrected chi connectivity index (χ0v) is 14.1. The number of hydrogen-bond donors (Lipinski definition) is 2. The molecule has 1 amide bonds. The normalized spacial score (nSPS) is 17.8. The number of allylic oxidation sites excluding steroid dienone is 2. The highest BCUT2D eigenvalue weighted by Gasteiger charge is 2.31. The summed E-state index contributed by atoms with van der Waals surface area (Å²) < 4.78 is 5.63. The van der Waals surface area contributed by atoms with Gasteiger partial charge in [0, 0.05) is 31.5 Å². The second-order valence-electron chi connectivity index (χ2n) is 6.10. The van der Waals surface area contributed by atoms with Gasteiger partial charge in [-0.2, -0.15) is 0 Å². The van der Waals surface area contributed by atoms with Crippen LogP contribution >= 0.6 is 0 Å². The van der Waals surface area contributed by atoms with E-state index in [4.69, 9.17) is 4.74 Å². The Morgan fingerprint density at radius 1 is 1.31 bits per heavy atom. The third kappa shape index (κ3) is 3.23. The molecule has 3 aliphatic heterocycles. The van der Waals surface area contributed by atoms with E-state index in [1.165, 1.54) is 0 Å². The van der Waals surface area contributed by atoms with Crippen LogP contribution in [0, 0.1) is 0 Å². The predicted molar refractivity (Wildman–Crippen MR) is 95.4 cm³/mol. The summed E-state index contributed by atoms with van der Waals surface area (Å²) in [6, 6.07) is 9.70. The molecule has 0 aromatic heterocycles. The maximum atomic E-state index is 12.0. The Kier molecular flexibility index (Phi) is 4.27. The van der Waals surface area contributed by atoms with E-state index in [0.29, 0.717) is 36.8 Å². The molecule has 26 heavy (non-hydrogen) atoms. The molecule has 132 valence electrons. The van der Waals surface area contributed by atoms with Crippen molar-refractivity contribution in [2.75, 3.05) is 13.2 Å². The van der Waals surface area contributed by atoms with Gasteiger partial charge in [0.2, 0.25) is 0 Å². The predicted octanol–water partition coefficient (Wildman–Crippen LogP) is 1.18. The molecule has 7 nitrogen and oxygen atoms in total. The standard InChI is InChI=1S/C19H18N4O3/c24-16-6-7-20-19-18(16)22-10-14-8-15(11-23(14)19)26-12-17(25)21-9-13-4-2-1-3-5-13/h1-5,7-8,10,22H,6,9,11-12H2,(H,21,25). The molecule has 0 saturated carbocycles. The van der Waals surface area contributed by atoms with Crippen molar-refractivity contribution < 1.29 is 14.3 Å². The van der Waals surface area contributed by atoms with E-state index in [1.54, 1.807) is 12.4 Å². The fourth-order valence-electron chi connectivity index (χ4n) is 2.95. The molecule has 0 spiro atoms. The van der Waals surface area contributed by atoms with Crippen molar-refractivity contribution in [3.8, 4) is 0 Å². The van der Waals surface area contributed by atoms with Crippen LogP contribution in [-0.2, 0) is 20.9 Å². The highest BCUT2D eigenvalue weighted by atomic mass is 16.5. The number of Topliss-reactive ketones (excluding diaryl/α,β-unsaturated/α-hetero) is 1. The molecule has 7 heteroatoms. The molecule has 0 unspecified atom stereocenters. The Labute approximate surface area is 150 Å². The van der Waals surface area contributed by atoms with E-state index in [9.17, 15) is 9.59 Å². The van der Waals surface area contributed by atoms with E-state index in [-0.39, 0.29) is 18.3 Å². The third-order valence-electron chi connectivity index (χ3n) is 4.27. The number of carbonyl (C=O) groups is 2. The Morgan fingerprint density at radius 2 is 2.15 bits per heavy atom. The van der Waals surface area contributed by atoms with Crippen molar-refractivity contribution in [1.82, 2.24) is 15.5 Å². The molecule has 0 saturated heterocycles. The summed E-state index contributed by atoms with van der Waals surface area (Å²) >= 11 is 0. The van der Waals surface area contributed by atoms with Crippen LogP contribution in [0.2, 0.25) is 0 Å². The van der Waals surface area contributed by atoms with Crippen LogP contribution in [0.3, 0.4) is 0 Å². The van der Waals surface area contributed by atoms with Gasteiger partial charge in [-0.15, -0.1) is 0 Å². The molecule has 3 heterocycles. The Bertz CT molecular complexity index is 868. The smallest absolute Gasteiger partial charge is 0.258 e. The Balaban J connectivity index is 1.31. The van der Waals surface area contributed by atoms with Crippen molar-refractivity contribution in [3.05, 3.63) is 71.1 Å². The molecular weight excluding hydrogens is 332 g/mol. The van der Waals surface area contributed by atoms with Gasteiger partial charge in [0.05, 0.1) is 12.2 Å². The number of ether oxygens (including phenoxy) is 1. The van der Waals surface area contributed by atoms with Gasteiger partial charge in [0.1, 0.15) is 11.5 Å². The second kappa shape index (κ2) is 6.87. The van der Waals surface area contributed by atoms with Crippen molar-refractivity contribution >= 4 is 17.9 Å². The number of amides is 1. The monoisotopic (exact) mass is 350 g/mol. The average Bonchev–Trinajstić information content (AvgIpc) is 3.09. The number of nitrogens with one attached hydrogen (secondary N) is 2. The van der Waals surface area contributed by atoms with Crippen LogP contribution < -0.4 is 10.6 Å². The molecule has 0 radical (unpaired) electrons. The summed E-state index contributed by atoms with van der Waals surface area (Å²) in [5.74, 6) is 1.09. The lowest BCUT2D eigenvalue weighted by molar-refractivity contribution is -0.124. The quantitative estimate of drug-likeness (QED) is 0.833. The summed E-state index contributed by atoms with van der Waals surface area (Å²) in [6.45, 7) is 0.862. The van der Waals surface area contributed by atoms with Crippen LogP contribution in [-0.4, -0.2) is 36.0 Å². The molecule has 0 atom stereocenters. The van der Waals surface area contributed by atoms with Gasteiger partial charge in [0.15, 0.2) is 18.2 Å². The second-order valence-corrected chi connectivity index (χ2v) is 6.10. The number of nitrogens with zero attached hydrogens (tertiary/aromatic N) is 2. The minimum Gasteiger partial charge on any atom is -0.486 e. The fourth-order valence-corrected chi connectivity index (χ4v) is 2.95. The summed E-state index contributed by atoms with van der Waals surface area (Å²) in [4.78, 5) is 30.1. The van der Waals surface area contributed by atoms with Crippen LogP contribution in [0.25, 0.3) is 0 Å². The van der Waals surface area contributed by atoms with Gasteiger partial charge < -0.3 is 20.3 Å². The number of fused-ring (bicyclic) bond motifs is 2. The van der Waals surface area contributed by atoms with Gasteiger partial charge in [-0.3, -0.25) is 9.59 Å². The molecule has 0 fully saturated rings. The van der Waals surface area contributed by atoms with Crippen molar-refractivity contribution in [2.45, 2.75) is 13.0 Å². The topological polar surface area (TPSA) is 83.0 Å². The number of ketones is 1. The number of benzene rings is 1. The zero-order valence-electron chi connectivity index (χ0n) is 14.1. The molecule has 1 aromatic carbocycles. The molecule has 4 rings (SSSR count). The van der Waals surface area contributed by atoms with Gasteiger partial charge in [-0.1, -0.05) is 30.3 Å². The van der Waals surface area contributed by atoms with Gasteiger partial charge in [-0.05, 0) is 5.56 Å². The van der Waals surface area contributed by atoms with Crippen molar-refractivity contribution in [1.29, 1.82) is 0 Å². The average molecular weight is 350 g/mol. The summed E-state index contributed by atoms with van der Waals surface area (Å²) in [6.07, 6.45) is 5.52. The number of hydrogen-bond acceptors (Lipinski definition) is 6. The van der Waals surface area contributed by atoms with E-state index in [0.717, 1.165) is 11.3 Å². The van der Waals surface area contributed by atoms with Crippen molar-refractivity contribution in [2.24, 2.45) is 4.99 Å². The maximum Gasteiger partial charge on any atom is 0.258 e. The number of carbonyl (C=O) groups excluding carboxylic acids is 2. The molecule has 2 N–H and O–H groups in total. The minimum atomic E-state index is -0.183. The molecule has 0 bridgehead atoms. The minimum absolute atomic E-state index is 0.0139. The van der Waals surface area contributed by atoms with Crippen LogP contribution in [0.15, 0.2) is 70.6 Å². The van der Waals surface area contributed by atoms with Crippen LogP contribution in [0.5, 0.6) is 0 Å². The summed E-state index contributed by atoms with van der Waals surface area (Å²) in [5, 5.41) is 5.83. The van der Waals surface area contributed by atoms with Gasteiger partial charge >= 0.3 is 0 Å². The first-order valence-electron chi connectivity index (χ1n) is 8.39. The summed E-state index contributed by atoms with van der Waals surface area (Å²) in [7, 11) is 0. The fraction of sp³-hybridized carbons (Fsp3) is 0.211. The Hall–Kier alpha value is -3.35. The lowest BCUT2D eigenvalue weighted by Crippen LogP contribution is -2.33. The third-order valence-corrected chi connectivity index (χ3v) is 4.27. The van der Waals surface area contributed by atoms with Crippen LogP contribution in [0.1, 0.15) is 12.0 Å². The Morgan fingerprint density at radius 3 is 3.00 bits per heavy atom. The molecule has 0 aliphatic carbocycles. The van der Waals surface area contributed by atoms with Gasteiger partial charge in [0.25, 0.3) is 5.91 Å². The van der Waals surface area contributed by atoms with E-state index in [2.05, 4.69) is 15.6 Å². The maximum absolute atomic E-state index is 12.0. The van der Waals surface area contributed by atoms with Gasteiger partial charge in [-0.25, -0.2) is 4.99 Å². The number of rotatable bonds is 5. The molecular formula is C19H18N4O3. The highest BCUT2D eigenvalue weighted by molar-refractivity contribution is 6.05. The first-order chi connectivity index (χ1) is 12.7. The first-order valence-corrected chi connectivity index (χ1v) is 8.39. The van der Waals surface area contributed by atoms with Crippen molar-refractivity contribution in [3.63, 3.8) is 0 Å². The highest BCUT2D eigenvalue weighted by Crippen LogP contribution is 2.31. The molecule has 3 aliphatic rings. The van der Waals surface area contributed by atoms with E-state index >= 15 is 0 Å². The van der Waals surface area contributed by atoms with E-state index in [1.807, 2.05) is 41.3 Å². The zero-order chi connectivity index (χ0) is 17.9. The number of aliphatic imine (C=N–C) groups is 1. The van der Waals surface area contributed by atoms with E-state index < -0.39 is 0 Å². The first kappa shape index (κ1) is 16.1. The lowest BCUT2D eigenvalue weighted by Gasteiger charge is -2.28. The largest absolute Gasteiger partial charge is 0.486 e.